The molecule has 1 fully saturated rings. The zero-order valence-electron chi connectivity index (χ0n) is 11.5. The van der Waals surface area contributed by atoms with E-state index in [4.69, 9.17) is 4.98 Å². The van der Waals surface area contributed by atoms with Crippen LogP contribution >= 0.6 is 12.4 Å². The van der Waals surface area contributed by atoms with Crippen molar-refractivity contribution in [2.75, 3.05) is 38.1 Å². The number of hydrogen-bond acceptors (Lipinski definition) is 3. The van der Waals surface area contributed by atoms with E-state index in [9.17, 15) is 0 Å². The van der Waals surface area contributed by atoms with E-state index in [0.29, 0.717) is 0 Å². The first kappa shape index (κ1) is 14.1. The summed E-state index contributed by atoms with van der Waals surface area (Å²) in [6.07, 6.45) is 0. The maximum absolute atomic E-state index is 4.79. The van der Waals surface area contributed by atoms with Gasteiger partial charge in [0.2, 0.25) is 0 Å². The number of fused-ring (bicyclic) bond motifs is 1. The number of pyridine rings is 1. The lowest BCUT2D eigenvalue weighted by atomic mass is 10.1. The standard InChI is InChI=1S/C15H19N3.ClH/c1-12-11-15(18-9-7-17(2)8-10-18)16-14-6-4-3-5-13(12)14;/h3-6,11H,7-10H2,1-2H3;1H. The molecule has 4 heteroatoms. The first-order chi connectivity index (χ1) is 8.74. The number of aromatic nitrogens is 1. The number of hydrogen-bond donors (Lipinski definition) is 0. The molecule has 1 aromatic heterocycles. The number of anilines is 1. The number of piperazine rings is 1. The van der Waals surface area contributed by atoms with Crippen molar-refractivity contribution in [3.05, 3.63) is 35.9 Å². The Morgan fingerprint density at radius 3 is 2.47 bits per heavy atom. The van der Waals surface area contributed by atoms with Crippen LogP contribution in [0, 0.1) is 6.92 Å². The van der Waals surface area contributed by atoms with Crippen molar-refractivity contribution in [1.29, 1.82) is 0 Å². The fourth-order valence-corrected chi connectivity index (χ4v) is 2.53. The third kappa shape index (κ3) is 2.82. The van der Waals surface area contributed by atoms with Crippen molar-refractivity contribution in [2.24, 2.45) is 0 Å². The average Bonchev–Trinajstić information content (AvgIpc) is 2.39. The summed E-state index contributed by atoms with van der Waals surface area (Å²) in [5.74, 6) is 1.12. The van der Waals surface area contributed by atoms with Gasteiger partial charge in [0.05, 0.1) is 5.52 Å². The molecule has 2 aromatic rings. The fourth-order valence-electron chi connectivity index (χ4n) is 2.53. The Morgan fingerprint density at radius 2 is 1.74 bits per heavy atom. The zero-order valence-corrected chi connectivity index (χ0v) is 12.3. The van der Waals surface area contributed by atoms with Gasteiger partial charge in [0.1, 0.15) is 5.82 Å². The molecule has 0 N–H and O–H groups in total. The molecule has 1 aliphatic rings. The van der Waals surface area contributed by atoms with E-state index >= 15 is 0 Å². The van der Waals surface area contributed by atoms with E-state index in [1.54, 1.807) is 0 Å². The number of aryl methyl sites for hydroxylation is 1. The van der Waals surface area contributed by atoms with Gasteiger partial charge < -0.3 is 9.80 Å². The van der Waals surface area contributed by atoms with Gasteiger partial charge >= 0.3 is 0 Å². The highest BCUT2D eigenvalue weighted by molar-refractivity contribution is 5.85. The monoisotopic (exact) mass is 277 g/mol. The summed E-state index contributed by atoms with van der Waals surface area (Å²) in [4.78, 5) is 9.55. The number of likely N-dealkylation sites (N-methyl/N-ethyl adjacent to an activating group) is 1. The van der Waals surface area contributed by atoms with E-state index in [-0.39, 0.29) is 12.4 Å². The molecule has 0 atom stereocenters. The summed E-state index contributed by atoms with van der Waals surface area (Å²) in [6, 6.07) is 10.6. The average molecular weight is 278 g/mol. The quantitative estimate of drug-likeness (QED) is 0.799. The molecule has 0 amide bonds. The number of benzene rings is 1. The van der Waals surface area contributed by atoms with E-state index < -0.39 is 0 Å². The summed E-state index contributed by atoms with van der Waals surface area (Å²) in [6.45, 7) is 6.55. The van der Waals surface area contributed by atoms with Crippen molar-refractivity contribution in [3.63, 3.8) is 0 Å². The summed E-state index contributed by atoms with van der Waals surface area (Å²) in [5.41, 5.74) is 2.42. The molecule has 0 aliphatic carbocycles. The van der Waals surface area contributed by atoms with Crippen molar-refractivity contribution in [2.45, 2.75) is 6.92 Å². The number of rotatable bonds is 1. The van der Waals surface area contributed by atoms with Crippen LogP contribution in [0.4, 0.5) is 5.82 Å². The Bertz CT molecular complexity index is 562. The van der Waals surface area contributed by atoms with Gasteiger partial charge in [0.25, 0.3) is 0 Å². The van der Waals surface area contributed by atoms with Crippen LogP contribution in [0.2, 0.25) is 0 Å². The molecule has 1 saturated heterocycles. The van der Waals surface area contributed by atoms with E-state index in [1.165, 1.54) is 10.9 Å². The molecule has 102 valence electrons. The topological polar surface area (TPSA) is 19.4 Å². The van der Waals surface area contributed by atoms with Crippen LogP contribution in [0.1, 0.15) is 5.56 Å². The minimum atomic E-state index is 0. The second kappa shape index (κ2) is 5.76. The molecule has 0 bridgehead atoms. The van der Waals surface area contributed by atoms with E-state index in [2.05, 4.69) is 54.1 Å². The minimum Gasteiger partial charge on any atom is -0.354 e. The lowest BCUT2D eigenvalue weighted by Crippen LogP contribution is -2.44. The second-order valence-corrected chi connectivity index (χ2v) is 5.10. The summed E-state index contributed by atoms with van der Waals surface area (Å²) >= 11 is 0. The number of halogens is 1. The smallest absolute Gasteiger partial charge is 0.129 e. The minimum absolute atomic E-state index is 0. The summed E-state index contributed by atoms with van der Waals surface area (Å²) in [5, 5.41) is 1.26. The molecule has 0 radical (unpaired) electrons. The predicted molar refractivity (Wildman–Crippen MR) is 83.4 cm³/mol. The summed E-state index contributed by atoms with van der Waals surface area (Å²) < 4.78 is 0. The van der Waals surface area contributed by atoms with Crippen molar-refractivity contribution < 1.29 is 0 Å². The Balaban J connectivity index is 0.00000133. The van der Waals surface area contributed by atoms with Crippen LogP contribution in [0.15, 0.2) is 30.3 Å². The van der Waals surface area contributed by atoms with Crippen LogP contribution in [0.25, 0.3) is 10.9 Å². The Labute approximate surface area is 120 Å². The van der Waals surface area contributed by atoms with Crippen molar-refractivity contribution >= 4 is 29.1 Å². The largest absolute Gasteiger partial charge is 0.354 e. The molecule has 3 rings (SSSR count). The van der Waals surface area contributed by atoms with Crippen LogP contribution in [0.3, 0.4) is 0 Å². The molecule has 1 aromatic carbocycles. The third-order valence-corrected chi connectivity index (χ3v) is 3.74. The lowest BCUT2D eigenvalue weighted by Gasteiger charge is -2.33. The number of nitrogens with zero attached hydrogens (tertiary/aromatic N) is 3. The van der Waals surface area contributed by atoms with Gasteiger partial charge in [-0.3, -0.25) is 0 Å². The van der Waals surface area contributed by atoms with Gasteiger partial charge in [-0.1, -0.05) is 18.2 Å². The van der Waals surface area contributed by atoms with Gasteiger partial charge in [-0.05, 0) is 31.7 Å². The first-order valence-electron chi connectivity index (χ1n) is 6.54. The van der Waals surface area contributed by atoms with Crippen LogP contribution < -0.4 is 4.90 Å². The highest BCUT2D eigenvalue weighted by Gasteiger charge is 2.16. The van der Waals surface area contributed by atoms with E-state index in [0.717, 1.165) is 37.5 Å². The second-order valence-electron chi connectivity index (χ2n) is 5.10. The molecule has 1 aliphatic heterocycles. The van der Waals surface area contributed by atoms with Gasteiger partial charge in [-0.15, -0.1) is 12.4 Å². The van der Waals surface area contributed by atoms with E-state index in [1.807, 2.05) is 0 Å². The van der Waals surface area contributed by atoms with Gasteiger partial charge in [0.15, 0.2) is 0 Å². The molecule has 0 spiro atoms. The number of para-hydroxylation sites is 1. The molecule has 2 heterocycles. The molecule has 0 unspecified atom stereocenters. The van der Waals surface area contributed by atoms with Gasteiger partial charge in [0, 0.05) is 31.6 Å². The SMILES string of the molecule is Cc1cc(N2CCN(C)CC2)nc2ccccc12.Cl. The third-order valence-electron chi connectivity index (χ3n) is 3.74. The molecular formula is C15H20ClN3. The van der Waals surface area contributed by atoms with Crippen LogP contribution in [0.5, 0.6) is 0 Å². The fraction of sp³-hybridized carbons (Fsp3) is 0.400. The predicted octanol–water partition coefficient (Wildman–Crippen LogP) is 2.72. The van der Waals surface area contributed by atoms with Crippen molar-refractivity contribution in [1.82, 2.24) is 9.88 Å². The normalized spacial score (nSPS) is 16.4. The zero-order chi connectivity index (χ0) is 12.5. The molecule has 3 nitrogen and oxygen atoms in total. The Kier molecular flexibility index (Phi) is 4.27. The maximum atomic E-state index is 4.79. The van der Waals surface area contributed by atoms with Gasteiger partial charge in [-0.2, -0.15) is 0 Å². The first-order valence-corrected chi connectivity index (χ1v) is 6.54. The van der Waals surface area contributed by atoms with Crippen LogP contribution in [-0.4, -0.2) is 43.1 Å². The van der Waals surface area contributed by atoms with Crippen molar-refractivity contribution in [3.8, 4) is 0 Å². The maximum Gasteiger partial charge on any atom is 0.129 e. The summed E-state index contributed by atoms with van der Waals surface area (Å²) in [7, 11) is 2.18. The Morgan fingerprint density at radius 1 is 1.05 bits per heavy atom. The van der Waals surface area contributed by atoms with Crippen LogP contribution in [-0.2, 0) is 0 Å². The molecule has 19 heavy (non-hydrogen) atoms. The highest BCUT2D eigenvalue weighted by Crippen LogP contribution is 2.22. The lowest BCUT2D eigenvalue weighted by molar-refractivity contribution is 0.312. The van der Waals surface area contributed by atoms with Gasteiger partial charge in [-0.25, -0.2) is 4.98 Å². The highest BCUT2D eigenvalue weighted by atomic mass is 35.5. The molecular weight excluding hydrogens is 258 g/mol. The Hall–Kier alpha value is -1.32. The molecule has 0 saturated carbocycles.